The molecule has 0 atom stereocenters. The summed E-state index contributed by atoms with van der Waals surface area (Å²) < 4.78 is 0. The molecule has 0 radical (unpaired) electrons. The zero-order valence-corrected chi connectivity index (χ0v) is 10.6. The number of amides is 1. The van der Waals surface area contributed by atoms with Crippen molar-refractivity contribution in [1.29, 1.82) is 0 Å². The minimum Gasteiger partial charge on any atom is -0.396 e. The van der Waals surface area contributed by atoms with Crippen LogP contribution in [-0.4, -0.2) is 36.1 Å². The molecule has 3 nitrogen and oxygen atoms in total. The first-order valence-electron chi connectivity index (χ1n) is 6.04. The summed E-state index contributed by atoms with van der Waals surface area (Å²) >= 11 is 0. The lowest BCUT2D eigenvalue weighted by Crippen LogP contribution is -2.28. The maximum absolute atomic E-state index is 11.6. The second-order valence-electron chi connectivity index (χ2n) is 4.32. The molecule has 1 aromatic rings. The molecule has 0 heterocycles. The monoisotopic (exact) mass is 235 g/mol. The van der Waals surface area contributed by atoms with Crippen molar-refractivity contribution in [2.75, 3.05) is 20.2 Å². The summed E-state index contributed by atoms with van der Waals surface area (Å²) in [6, 6.07) is 8.23. The Labute approximate surface area is 103 Å². The third-order valence-corrected chi connectivity index (χ3v) is 2.95. The van der Waals surface area contributed by atoms with Gasteiger partial charge >= 0.3 is 0 Å². The fourth-order valence-electron chi connectivity index (χ4n) is 1.72. The van der Waals surface area contributed by atoms with Crippen molar-refractivity contribution >= 4 is 5.91 Å². The van der Waals surface area contributed by atoms with E-state index in [-0.39, 0.29) is 12.5 Å². The molecule has 1 N–H and O–H groups in total. The average Bonchev–Trinajstić information content (AvgIpc) is 2.34. The van der Waals surface area contributed by atoms with E-state index in [0.29, 0.717) is 12.8 Å². The van der Waals surface area contributed by atoms with Crippen molar-refractivity contribution < 1.29 is 9.90 Å². The van der Waals surface area contributed by atoms with E-state index in [1.165, 1.54) is 11.1 Å². The first kappa shape index (κ1) is 13.7. The summed E-state index contributed by atoms with van der Waals surface area (Å²) in [7, 11) is 1.82. The molecule has 0 aliphatic carbocycles. The minimum atomic E-state index is 0.0807. The fraction of sp³-hybridized carbons (Fsp3) is 0.500. The number of hydrogen-bond acceptors (Lipinski definition) is 2. The van der Waals surface area contributed by atoms with Crippen LogP contribution in [0.4, 0.5) is 0 Å². The number of carbonyl (C=O) groups excluding carboxylic acids is 1. The first-order valence-corrected chi connectivity index (χ1v) is 6.04. The summed E-state index contributed by atoms with van der Waals surface area (Å²) in [6.07, 6.45) is 1.86. The van der Waals surface area contributed by atoms with Gasteiger partial charge in [0.15, 0.2) is 0 Å². The van der Waals surface area contributed by atoms with Gasteiger partial charge in [0, 0.05) is 26.6 Å². The molecule has 0 fully saturated rings. The molecule has 0 aliphatic heterocycles. The maximum Gasteiger partial charge on any atom is 0.222 e. The van der Waals surface area contributed by atoms with Crippen molar-refractivity contribution in [2.24, 2.45) is 0 Å². The lowest BCUT2D eigenvalue weighted by molar-refractivity contribution is -0.130. The highest BCUT2D eigenvalue weighted by molar-refractivity contribution is 5.75. The Hall–Kier alpha value is -1.35. The second kappa shape index (κ2) is 7.07. The van der Waals surface area contributed by atoms with Crippen LogP contribution in [0.5, 0.6) is 0 Å². The molecule has 94 valence electrons. The van der Waals surface area contributed by atoms with Gasteiger partial charge < -0.3 is 10.0 Å². The highest BCUT2D eigenvalue weighted by Gasteiger charge is 2.08. The highest BCUT2D eigenvalue weighted by Crippen LogP contribution is 2.08. The third-order valence-electron chi connectivity index (χ3n) is 2.95. The van der Waals surface area contributed by atoms with Gasteiger partial charge in [-0.15, -0.1) is 0 Å². The van der Waals surface area contributed by atoms with Crippen LogP contribution in [0.25, 0.3) is 0 Å². The zero-order chi connectivity index (χ0) is 12.7. The van der Waals surface area contributed by atoms with Crippen LogP contribution in [0.15, 0.2) is 24.3 Å². The summed E-state index contributed by atoms with van der Waals surface area (Å²) in [6.45, 7) is 2.90. The molecular formula is C14H21NO2. The lowest BCUT2D eigenvalue weighted by atomic mass is 10.1. The number of nitrogens with zero attached hydrogens (tertiary/aromatic N) is 1. The van der Waals surface area contributed by atoms with Gasteiger partial charge in [-0.25, -0.2) is 0 Å². The number of hydrogen-bond donors (Lipinski definition) is 1. The van der Waals surface area contributed by atoms with E-state index < -0.39 is 0 Å². The molecule has 1 amide bonds. The number of likely N-dealkylation sites (N-methyl/N-ethyl adjacent to an activating group) is 1. The number of aliphatic hydroxyl groups is 1. The van der Waals surface area contributed by atoms with Crippen molar-refractivity contribution in [1.82, 2.24) is 4.90 Å². The van der Waals surface area contributed by atoms with Crippen molar-refractivity contribution in [3.05, 3.63) is 35.4 Å². The lowest BCUT2D eigenvalue weighted by Gasteiger charge is -2.17. The van der Waals surface area contributed by atoms with Gasteiger partial charge in [0.2, 0.25) is 5.91 Å². The molecule has 3 heteroatoms. The van der Waals surface area contributed by atoms with Crippen LogP contribution in [0.2, 0.25) is 0 Å². The van der Waals surface area contributed by atoms with Crippen LogP contribution in [0.3, 0.4) is 0 Å². The summed E-state index contributed by atoms with van der Waals surface area (Å²) in [5, 5.41) is 8.67. The van der Waals surface area contributed by atoms with Crippen molar-refractivity contribution in [3.8, 4) is 0 Å². The van der Waals surface area contributed by atoms with E-state index in [1.54, 1.807) is 4.90 Å². The zero-order valence-electron chi connectivity index (χ0n) is 10.6. The molecule has 1 rings (SSSR count). The fourth-order valence-corrected chi connectivity index (χ4v) is 1.72. The second-order valence-corrected chi connectivity index (χ2v) is 4.32. The SMILES string of the molecule is Cc1ccccc1CCN(C)C(=O)CCCO. The van der Waals surface area contributed by atoms with Gasteiger partial charge in [-0.1, -0.05) is 24.3 Å². The molecule has 0 saturated heterocycles. The van der Waals surface area contributed by atoms with Gasteiger partial charge in [0.1, 0.15) is 0 Å². The van der Waals surface area contributed by atoms with Gasteiger partial charge in [-0.05, 0) is 30.9 Å². The van der Waals surface area contributed by atoms with Gasteiger partial charge in [0.05, 0.1) is 0 Å². The topological polar surface area (TPSA) is 40.5 Å². The maximum atomic E-state index is 11.6. The largest absolute Gasteiger partial charge is 0.396 e. The third kappa shape index (κ3) is 4.57. The summed E-state index contributed by atoms with van der Waals surface area (Å²) in [4.78, 5) is 13.4. The molecule has 0 bridgehead atoms. The van der Waals surface area contributed by atoms with Crippen LogP contribution in [-0.2, 0) is 11.2 Å². The molecule has 0 aliphatic rings. The summed E-state index contributed by atoms with van der Waals surface area (Å²) in [5.41, 5.74) is 2.55. The van der Waals surface area contributed by atoms with Crippen molar-refractivity contribution in [3.63, 3.8) is 0 Å². The van der Waals surface area contributed by atoms with Gasteiger partial charge in [0.25, 0.3) is 0 Å². The number of carbonyl (C=O) groups is 1. The standard InChI is InChI=1S/C14H21NO2/c1-12-6-3-4-7-13(12)9-10-15(2)14(17)8-5-11-16/h3-4,6-7,16H,5,8-11H2,1-2H3. The van der Waals surface area contributed by atoms with E-state index in [0.717, 1.165) is 13.0 Å². The Bertz CT molecular complexity index is 363. The molecule has 1 aromatic carbocycles. The smallest absolute Gasteiger partial charge is 0.222 e. The van der Waals surface area contributed by atoms with Crippen LogP contribution < -0.4 is 0 Å². The van der Waals surface area contributed by atoms with Crippen LogP contribution >= 0.6 is 0 Å². The number of rotatable bonds is 6. The molecule has 0 unspecified atom stereocenters. The normalized spacial score (nSPS) is 10.3. The Balaban J connectivity index is 2.40. The van der Waals surface area contributed by atoms with E-state index in [9.17, 15) is 4.79 Å². The van der Waals surface area contributed by atoms with E-state index in [2.05, 4.69) is 19.1 Å². The van der Waals surface area contributed by atoms with Crippen LogP contribution in [0, 0.1) is 6.92 Å². The molecular weight excluding hydrogens is 214 g/mol. The number of aryl methyl sites for hydroxylation is 1. The Morgan fingerprint density at radius 1 is 1.35 bits per heavy atom. The van der Waals surface area contributed by atoms with Crippen LogP contribution in [0.1, 0.15) is 24.0 Å². The first-order chi connectivity index (χ1) is 8.15. The van der Waals surface area contributed by atoms with E-state index in [4.69, 9.17) is 5.11 Å². The van der Waals surface area contributed by atoms with E-state index in [1.807, 2.05) is 19.2 Å². The van der Waals surface area contributed by atoms with E-state index >= 15 is 0 Å². The quantitative estimate of drug-likeness (QED) is 0.816. The van der Waals surface area contributed by atoms with Crippen molar-refractivity contribution in [2.45, 2.75) is 26.2 Å². The predicted octanol–water partition coefficient (Wildman–Crippen LogP) is 1.77. The molecule has 17 heavy (non-hydrogen) atoms. The minimum absolute atomic E-state index is 0.0807. The molecule has 0 aromatic heterocycles. The Morgan fingerprint density at radius 3 is 2.71 bits per heavy atom. The Morgan fingerprint density at radius 2 is 2.06 bits per heavy atom. The van der Waals surface area contributed by atoms with Gasteiger partial charge in [-0.3, -0.25) is 4.79 Å². The summed E-state index contributed by atoms with van der Waals surface area (Å²) in [5.74, 6) is 0.104. The highest BCUT2D eigenvalue weighted by atomic mass is 16.3. The van der Waals surface area contributed by atoms with Gasteiger partial charge in [-0.2, -0.15) is 0 Å². The Kier molecular flexibility index (Phi) is 5.70. The number of aliphatic hydroxyl groups excluding tert-OH is 1. The predicted molar refractivity (Wildman–Crippen MR) is 68.8 cm³/mol. The number of benzene rings is 1. The average molecular weight is 235 g/mol. The molecule has 0 saturated carbocycles. The molecule has 0 spiro atoms.